The fourth-order valence-corrected chi connectivity index (χ4v) is 11.5. The zero-order valence-electron chi connectivity index (χ0n) is 47.2. The molecule has 0 fully saturated rings. The van der Waals surface area contributed by atoms with Crippen LogP contribution in [0, 0.1) is 12.1 Å². The molecule has 6 aromatic carbocycles. The van der Waals surface area contributed by atoms with Crippen molar-refractivity contribution in [2.75, 3.05) is 14.1 Å². The molecule has 0 atom stereocenters. The molecule has 0 saturated carbocycles. The van der Waals surface area contributed by atoms with Crippen LogP contribution in [-0.4, -0.2) is 54.6 Å². The number of hydrogen-bond donors (Lipinski definition) is 0. The van der Waals surface area contributed by atoms with Crippen LogP contribution in [-0.2, 0) is 74.6 Å². The third-order valence-corrected chi connectivity index (χ3v) is 15.7. The van der Waals surface area contributed by atoms with Crippen molar-refractivity contribution >= 4 is 23.4 Å². The summed E-state index contributed by atoms with van der Waals surface area (Å²) in [5.41, 5.74) is 19.7. The third kappa shape index (κ3) is 9.43. The van der Waals surface area contributed by atoms with Crippen LogP contribution >= 0.6 is 0 Å². The van der Waals surface area contributed by atoms with Gasteiger partial charge in [-0.3, -0.25) is 0 Å². The van der Waals surface area contributed by atoms with Crippen LogP contribution in [0.1, 0.15) is 150 Å². The zero-order chi connectivity index (χ0) is 53.7. The molecular weight excluding hydrogens is 1320 g/mol. The smallest absolute Gasteiger partial charge is 0.581 e. The Balaban J connectivity index is 0.000000185. The second-order valence-corrected chi connectivity index (χ2v) is 25.0. The average molecular weight is 1390 g/mol. The minimum absolute atomic E-state index is 0. The van der Waals surface area contributed by atoms with E-state index in [-0.39, 0.29) is 63.8 Å². The molecule has 8 aromatic rings. The van der Waals surface area contributed by atoms with Gasteiger partial charge in [-0.2, -0.15) is 36.7 Å². The van der Waals surface area contributed by atoms with Crippen molar-refractivity contribution in [1.82, 2.24) is 20.4 Å². The molecule has 2 aliphatic heterocycles. The van der Waals surface area contributed by atoms with E-state index in [0.29, 0.717) is 0 Å². The first kappa shape index (κ1) is 56.1. The Morgan fingerprint density at radius 2 is 0.718 bits per heavy atom. The van der Waals surface area contributed by atoms with E-state index < -0.39 is 10.8 Å². The molecule has 0 N–H and O–H groups in total. The molecule has 2 aromatic heterocycles. The van der Waals surface area contributed by atoms with Crippen molar-refractivity contribution in [3.8, 4) is 22.3 Å². The van der Waals surface area contributed by atoms with Crippen LogP contribution in [0.5, 0.6) is 0 Å². The summed E-state index contributed by atoms with van der Waals surface area (Å²) in [7, 11) is 3.96. The molecule has 12 rings (SSSR count). The van der Waals surface area contributed by atoms with E-state index in [0.717, 1.165) is 33.9 Å². The first-order chi connectivity index (χ1) is 36.0. The molecule has 0 radical (unpaired) electrons. The quantitative estimate of drug-likeness (QED) is 0.123. The minimum Gasteiger partial charge on any atom is -0.581 e. The Kier molecular flexibility index (Phi) is 14.5. The van der Waals surface area contributed by atoms with Crippen molar-refractivity contribution in [1.29, 1.82) is 0 Å². The van der Waals surface area contributed by atoms with E-state index in [2.05, 4.69) is 239 Å². The molecule has 10 heteroatoms. The van der Waals surface area contributed by atoms with Crippen molar-refractivity contribution in [3.63, 3.8) is 0 Å². The number of aromatic nitrogens is 4. The van der Waals surface area contributed by atoms with E-state index in [1.807, 2.05) is 57.2 Å². The maximum Gasteiger partial charge on any atom is 2.00 e. The van der Waals surface area contributed by atoms with Crippen LogP contribution in [0.4, 0.5) is 11.4 Å². The number of hydrogen-bond acceptors (Lipinski definition) is 2. The van der Waals surface area contributed by atoms with Crippen LogP contribution in [0.3, 0.4) is 0 Å². The summed E-state index contributed by atoms with van der Waals surface area (Å²) < 4.78 is 7.82. The largest absolute Gasteiger partial charge is 2.00 e. The predicted molar refractivity (Wildman–Crippen MR) is 303 cm³/mol. The van der Waals surface area contributed by atoms with Gasteiger partial charge in [0.05, 0.1) is 10.8 Å². The van der Waals surface area contributed by atoms with Gasteiger partial charge >= 0.3 is 54.1 Å². The summed E-state index contributed by atoms with van der Waals surface area (Å²) in [6, 6.07) is 59.0. The van der Waals surface area contributed by atoms with Crippen LogP contribution in [0.2, 0.25) is 0 Å². The Morgan fingerprint density at radius 1 is 0.410 bits per heavy atom. The average Bonchev–Trinajstić information content (AvgIpc) is 4.28. The first-order valence-electron chi connectivity index (χ1n) is 26.5. The van der Waals surface area contributed by atoms with Crippen molar-refractivity contribution in [2.24, 2.45) is 0 Å². The Bertz CT molecular complexity index is 3470. The van der Waals surface area contributed by atoms with Gasteiger partial charge < -0.3 is 20.4 Å². The summed E-state index contributed by atoms with van der Waals surface area (Å²) in [5.74, 6) is 0. The van der Waals surface area contributed by atoms with E-state index in [4.69, 9.17) is 10.2 Å². The van der Waals surface area contributed by atoms with Crippen LogP contribution < -0.4 is 10.2 Å². The maximum absolute atomic E-state index is 4.75. The van der Waals surface area contributed by atoms with Gasteiger partial charge in [-0.05, 0) is 88.4 Å². The molecule has 4 heterocycles. The molecule has 0 unspecified atom stereocenters. The Hall–Kier alpha value is -6.64. The number of nitrogens with zero attached hydrogens (tertiary/aromatic N) is 8. The van der Waals surface area contributed by atoms with E-state index >= 15 is 0 Å². The van der Waals surface area contributed by atoms with Crippen LogP contribution in [0.15, 0.2) is 159 Å². The van der Waals surface area contributed by atoms with Gasteiger partial charge in [0.1, 0.15) is 11.4 Å². The summed E-state index contributed by atoms with van der Waals surface area (Å²) in [6.07, 6.45) is 11.6. The van der Waals surface area contributed by atoms with Gasteiger partial charge in [0.25, 0.3) is 12.4 Å². The van der Waals surface area contributed by atoms with E-state index in [1.165, 1.54) is 66.8 Å². The SMILES string of the molecule is C[N+]1=C=[N+](c2[c-]c(C3(c4cc[n-]n4)c4cc(C(C)(C)C)ccc4-c4ccc(C(C)(C)C)cc43)ccc2)C=C1.C[N+]1=C=[N+](c2[c-]c(C3(c4cc[n-]n4)c4cc(C(C)(C)C)ccc4-c4ccc(C(C)(C)C)cc43)ccc2)C=C1.[Pt+2].[Pt+2]. The van der Waals surface area contributed by atoms with Gasteiger partial charge in [-0.1, -0.05) is 198 Å². The standard InChI is InChI=1S/2C34H34N4.2Pt/c2*1-32(2,3)23-11-13-27-28-14-12-24(33(4,5)6)21-30(28)34(29(27)20-23,31-15-16-35-36-31)25-9-8-10-26(19-25)38-18-17-37(7)22-38;;/h2*8-18,20-21H,1-7H3;;/q;;2*+2. The van der Waals surface area contributed by atoms with E-state index in [9.17, 15) is 0 Å². The fourth-order valence-electron chi connectivity index (χ4n) is 11.5. The summed E-state index contributed by atoms with van der Waals surface area (Å²) in [5, 5.41) is 18.2. The molecule has 0 bridgehead atoms. The fraction of sp³-hybridized carbons (Fsp3) is 0.294. The maximum atomic E-state index is 4.75. The molecule has 0 saturated heterocycles. The number of benzene rings is 6. The molecule has 4 aliphatic rings. The first-order valence-corrected chi connectivity index (χ1v) is 26.5. The van der Waals surface area contributed by atoms with Crippen LogP contribution in [0.25, 0.3) is 22.3 Å². The van der Waals surface area contributed by atoms with Crippen molar-refractivity contribution in [3.05, 3.63) is 238 Å². The summed E-state index contributed by atoms with van der Waals surface area (Å²) in [6.45, 7) is 27.3. The Labute approximate surface area is 490 Å². The molecule has 2 aliphatic carbocycles. The molecule has 8 nitrogen and oxygen atoms in total. The minimum atomic E-state index is -0.644. The normalized spacial score (nSPS) is 15.4. The van der Waals surface area contributed by atoms with Crippen molar-refractivity contribution < 1.29 is 60.4 Å². The second-order valence-electron chi connectivity index (χ2n) is 25.0. The molecule has 0 amide bonds. The van der Waals surface area contributed by atoms with Gasteiger partial charge in [0, 0.05) is 11.4 Å². The topological polar surface area (TPSA) is 66.0 Å². The monoisotopic (exact) mass is 1390 g/mol. The van der Waals surface area contributed by atoms with Gasteiger partial charge in [0.2, 0.25) is 12.4 Å². The number of fused-ring (bicyclic) bond motifs is 6. The van der Waals surface area contributed by atoms with Gasteiger partial charge in [-0.15, -0.1) is 23.3 Å². The zero-order valence-corrected chi connectivity index (χ0v) is 51.8. The molecule has 396 valence electrons. The predicted octanol–water partition coefficient (Wildman–Crippen LogP) is 13.5. The molecular formula is C68H68N8Pt2+4. The van der Waals surface area contributed by atoms with E-state index in [1.54, 1.807) is 12.4 Å². The van der Waals surface area contributed by atoms with Crippen molar-refractivity contribution in [2.45, 2.75) is 116 Å². The Morgan fingerprint density at radius 3 is 0.962 bits per heavy atom. The summed E-state index contributed by atoms with van der Waals surface area (Å²) >= 11 is 0. The third-order valence-electron chi connectivity index (χ3n) is 15.7. The van der Waals surface area contributed by atoms with Gasteiger partial charge in [-0.25, -0.2) is 0 Å². The molecule has 0 spiro atoms. The number of rotatable bonds is 6. The second kappa shape index (κ2) is 20.2. The molecule has 78 heavy (non-hydrogen) atoms. The summed E-state index contributed by atoms with van der Waals surface area (Å²) in [4.78, 5) is 0. The van der Waals surface area contributed by atoms with Gasteiger partial charge in [0.15, 0.2) is 14.1 Å².